The number of carboxylic acid groups (broad SMARTS) is 1. The van der Waals surface area contributed by atoms with Gasteiger partial charge in [0.05, 0.1) is 11.8 Å². The topological polar surface area (TPSA) is 40.5 Å². The molecule has 20 heavy (non-hydrogen) atoms. The zero-order valence-electron chi connectivity index (χ0n) is 11.0. The van der Waals surface area contributed by atoms with Crippen molar-refractivity contribution in [1.29, 1.82) is 0 Å². The number of rotatable bonds is 3. The number of aryl methyl sites for hydroxylation is 1. The van der Waals surface area contributed by atoms with Crippen molar-refractivity contribution in [2.75, 3.05) is 13.1 Å². The molecule has 0 spiro atoms. The number of aliphatic carboxylic acids is 1. The summed E-state index contributed by atoms with van der Waals surface area (Å²) in [6, 6.07) is 7.49. The first-order valence-corrected chi connectivity index (χ1v) is 6.35. The molecule has 1 aliphatic heterocycles. The van der Waals surface area contributed by atoms with Gasteiger partial charge in [0.1, 0.15) is 0 Å². The van der Waals surface area contributed by atoms with Crippen LogP contribution >= 0.6 is 0 Å². The van der Waals surface area contributed by atoms with E-state index in [4.69, 9.17) is 5.11 Å². The number of nitrogens with zero attached hydrogens (tertiary/aromatic N) is 1. The van der Waals surface area contributed by atoms with Gasteiger partial charge in [-0.25, -0.2) is 0 Å². The number of alkyl halides is 3. The molecule has 0 aliphatic carbocycles. The maximum atomic E-state index is 12.9. The summed E-state index contributed by atoms with van der Waals surface area (Å²) in [5.74, 6) is -4.54. The van der Waals surface area contributed by atoms with E-state index in [1.165, 1.54) is 0 Å². The van der Waals surface area contributed by atoms with Gasteiger partial charge >= 0.3 is 12.1 Å². The van der Waals surface area contributed by atoms with Gasteiger partial charge in [-0.1, -0.05) is 29.8 Å². The lowest BCUT2D eigenvalue weighted by Crippen LogP contribution is -2.33. The highest BCUT2D eigenvalue weighted by Gasteiger charge is 2.52. The molecule has 110 valence electrons. The Kier molecular flexibility index (Phi) is 4.04. The summed E-state index contributed by atoms with van der Waals surface area (Å²) in [4.78, 5) is 12.5. The van der Waals surface area contributed by atoms with Gasteiger partial charge in [-0.05, 0) is 12.5 Å². The van der Waals surface area contributed by atoms with Crippen LogP contribution in [0.2, 0.25) is 0 Å². The van der Waals surface area contributed by atoms with Gasteiger partial charge in [0.2, 0.25) is 0 Å². The summed E-state index contributed by atoms with van der Waals surface area (Å²) in [5.41, 5.74) is 1.93. The Morgan fingerprint density at radius 2 is 2.10 bits per heavy atom. The Hall–Kier alpha value is -1.56. The molecule has 0 radical (unpaired) electrons. The standard InChI is InChI=1S/C14H16F3NO2/c1-9-3-2-4-10(5-9)6-18-7-11(13(19)20)12(8-18)14(15,16)17/h2-5,11-12H,6-8H2,1H3,(H,19,20)/t11-,12-/m1/s1. The van der Waals surface area contributed by atoms with Gasteiger partial charge in [-0.3, -0.25) is 9.69 Å². The third kappa shape index (κ3) is 3.30. The van der Waals surface area contributed by atoms with Crippen molar-refractivity contribution in [2.24, 2.45) is 11.8 Å². The molecule has 1 heterocycles. The number of benzene rings is 1. The maximum Gasteiger partial charge on any atom is 0.393 e. The van der Waals surface area contributed by atoms with Gasteiger partial charge in [-0.2, -0.15) is 13.2 Å². The normalized spacial score (nSPS) is 24.0. The fraction of sp³-hybridized carbons (Fsp3) is 0.500. The zero-order chi connectivity index (χ0) is 14.9. The van der Waals surface area contributed by atoms with Gasteiger partial charge in [0, 0.05) is 19.6 Å². The van der Waals surface area contributed by atoms with Crippen molar-refractivity contribution in [2.45, 2.75) is 19.6 Å². The number of likely N-dealkylation sites (tertiary alicyclic amines) is 1. The fourth-order valence-electron chi connectivity index (χ4n) is 2.66. The minimum absolute atomic E-state index is 0.0621. The summed E-state index contributed by atoms with van der Waals surface area (Å²) >= 11 is 0. The highest BCUT2D eigenvalue weighted by molar-refractivity contribution is 5.71. The fourth-order valence-corrected chi connectivity index (χ4v) is 2.66. The van der Waals surface area contributed by atoms with Crippen LogP contribution in [0, 0.1) is 18.8 Å². The van der Waals surface area contributed by atoms with Gasteiger partial charge in [0.25, 0.3) is 0 Å². The van der Waals surface area contributed by atoms with Crippen molar-refractivity contribution < 1.29 is 23.1 Å². The lowest BCUT2D eigenvalue weighted by molar-refractivity contribution is -0.188. The van der Waals surface area contributed by atoms with E-state index in [0.717, 1.165) is 11.1 Å². The van der Waals surface area contributed by atoms with Crippen LogP contribution < -0.4 is 0 Å². The molecule has 0 unspecified atom stereocenters. The molecule has 0 bridgehead atoms. The summed E-state index contributed by atoms with van der Waals surface area (Å²) in [6.07, 6.45) is -4.47. The second kappa shape index (κ2) is 5.44. The monoisotopic (exact) mass is 287 g/mol. The number of hydrogen-bond acceptors (Lipinski definition) is 2. The van der Waals surface area contributed by atoms with E-state index in [0.29, 0.717) is 6.54 Å². The minimum Gasteiger partial charge on any atom is -0.481 e. The van der Waals surface area contributed by atoms with Crippen molar-refractivity contribution in [1.82, 2.24) is 4.90 Å². The molecular formula is C14H16F3NO2. The third-order valence-electron chi connectivity index (χ3n) is 3.62. The first-order valence-electron chi connectivity index (χ1n) is 6.35. The first kappa shape index (κ1) is 14.8. The predicted octanol–water partition coefficient (Wildman–Crippen LogP) is 2.69. The van der Waals surface area contributed by atoms with E-state index in [2.05, 4.69) is 0 Å². The Morgan fingerprint density at radius 3 is 2.60 bits per heavy atom. The highest BCUT2D eigenvalue weighted by atomic mass is 19.4. The van der Waals surface area contributed by atoms with Crippen molar-refractivity contribution in [3.8, 4) is 0 Å². The van der Waals surface area contributed by atoms with Crippen molar-refractivity contribution in [3.63, 3.8) is 0 Å². The molecule has 1 saturated heterocycles. The summed E-state index contributed by atoms with van der Waals surface area (Å²) < 4.78 is 38.6. The molecule has 2 atom stereocenters. The molecule has 1 fully saturated rings. The van der Waals surface area contributed by atoms with Gasteiger partial charge in [-0.15, -0.1) is 0 Å². The number of carbonyl (C=O) groups is 1. The molecule has 1 aromatic rings. The average molecular weight is 287 g/mol. The summed E-state index contributed by atoms with van der Waals surface area (Å²) in [7, 11) is 0. The second-order valence-corrected chi connectivity index (χ2v) is 5.28. The average Bonchev–Trinajstić information content (AvgIpc) is 2.73. The number of carboxylic acids is 1. The first-order chi connectivity index (χ1) is 9.27. The Labute approximate surface area is 115 Å². The van der Waals surface area contributed by atoms with Gasteiger partial charge in [0.15, 0.2) is 0 Å². The molecule has 1 aliphatic rings. The zero-order valence-corrected chi connectivity index (χ0v) is 11.0. The quantitative estimate of drug-likeness (QED) is 0.929. The van der Waals surface area contributed by atoms with E-state index in [1.54, 1.807) is 4.90 Å². The highest BCUT2D eigenvalue weighted by Crippen LogP contribution is 2.38. The SMILES string of the molecule is Cc1cccc(CN2C[C@@H](C(F)(F)F)[C@H](C(=O)O)C2)c1. The second-order valence-electron chi connectivity index (χ2n) is 5.28. The van der Waals surface area contributed by atoms with Crippen LogP contribution in [0.5, 0.6) is 0 Å². The van der Waals surface area contributed by atoms with Crippen molar-refractivity contribution in [3.05, 3.63) is 35.4 Å². The summed E-state index contributed by atoms with van der Waals surface area (Å²) in [6.45, 7) is 1.94. The lowest BCUT2D eigenvalue weighted by atomic mass is 9.96. The summed E-state index contributed by atoms with van der Waals surface area (Å²) in [5, 5.41) is 8.95. The van der Waals surface area contributed by atoms with Gasteiger partial charge < -0.3 is 5.11 Å². The van der Waals surface area contributed by atoms with E-state index < -0.39 is 24.0 Å². The molecule has 6 heteroatoms. The molecule has 2 rings (SSSR count). The van der Waals surface area contributed by atoms with Crippen LogP contribution in [0.3, 0.4) is 0 Å². The van der Waals surface area contributed by atoms with E-state index in [-0.39, 0.29) is 13.1 Å². The van der Waals surface area contributed by atoms with Crippen LogP contribution in [0.4, 0.5) is 13.2 Å². The van der Waals surface area contributed by atoms with E-state index >= 15 is 0 Å². The largest absolute Gasteiger partial charge is 0.481 e. The molecular weight excluding hydrogens is 271 g/mol. The van der Waals surface area contributed by atoms with Crippen LogP contribution in [-0.4, -0.2) is 35.2 Å². The number of halogens is 3. The predicted molar refractivity (Wildman–Crippen MR) is 67.1 cm³/mol. The third-order valence-corrected chi connectivity index (χ3v) is 3.62. The molecule has 1 aromatic carbocycles. The lowest BCUT2D eigenvalue weighted by Gasteiger charge is -2.18. The van der Waals surface area contributed by atoms with Crippen LogP contribution in [0.25, 0.3) is 0 Å². The Balaban J connectivity index is 2.10. The Morgan fingerprint density at radius 1 is 1.40 bits per heavy atom. The van der Waals surface area contributed by atoms with Crippen LogP contribution in [-0.2, 0) is 11.3 Å². The Bertz CT molecular complexity index is 501. The number of hydrogen-bond donors (Lipinski definition) is 1. The minimum atomic E-state index is -4.47. The molecule has 0 saturated carbocycles. The van der Waals surface area contributed by atoms with E-state index in [1.807, 2.05) is 31.2 Å². The van der Waals surface area contributed by atoms with Crippen LogP contribution in [0.1, 0.15) is 11.1 Å². The molecule has 3 nitrogen and oxygen atoms in total. The molecule has 1 N–H and O–H groups in total. The molecule has 0 aromatic heterocycles. The maximum absolute atomic E-state index is 12.9. The van der Waals surface area contributed by atoms with Crippen LogP contribution in [0.15, 0.2) is 24.3 Å². The smallest absolute Gasteiger partial charge is 0.393 e. The van der Waals surface area contributed by atoms with E-state index in [9.17, 15) is 18.0 Å². The van der Waals surface area contributed by atoms with Crippen molar-refractivity contribution >= 4 is 5.97 Å². The molecule has 0 amide bonds.